The number of para-hydroxylation sites is 2. The largest absolute Gasteiger partial charge is 0.491 e. The number of rotatable bonds is 10. The van der Waals surface area contributed by atoms with Gasteiger partial charge in [0.25, 0.3) is 0 Å². The number of hydrogen-bond acceptors (Lipinski definition) is 6. The summed E-state index contributed by atoms with van der Waals surface area (Å²) in [7, 11) is 0. The van der Waals surface area contributed by atoms with Crippen LogP contribution in [0.5, 0.6) is 5.75 Å². The van der Waals surface area contributed by atoms with Gasteiger partial charge < -0.3 is 25.0 Å². The first-order valence-electron chi connectivity index (χ1n) is 10.1. The standard InChI is InChI=1S/C21H31N3O5/c1-4-11-28-20(26)12-17-21(27)22-9-10-24(17)19(25)13-23-16-7-5-6-8-18(16)29-14-15(2)3/h5-8,15,17,23H,4,9-14H2,1-3H3,(H,22,27). The van der Waals surface area contributed by atoms with Crippen molar-refractivity contribution >= 4 is 23.5 Å². The van der Waals surface area contributed by atoms with E-state index >= 15 is 0 Å². The second kappa shape index (κ2) is 11.3. The summed E-state index contributed by atoms with van der Waals surface area (Å²) in [4.78, 5) is 38.4. The fourth-order valence-corrected chi connectivity index (χ4v) is 2.92. The Labute approximate surface area is 171 Å². The van der Waals surface area contributed by atoms with Crippen LogP contribution in [0, 0.1) is 5.92 Å². The number of amides is 2. The number of esters is 1. The topological polar surface area (TPSA) is 97.0 Å². The molecular formula is C21H31N3O5. The number of piperazine rings is 1. The Bertz CT molecular complexity index is 707. The van der Waals surface area contributed by atoms with Gasteiger partial charge in [0.15, 0.2) is 0 Å². The molecule has 1 aromatic rings. The van der Waals surface area contributed by atoms with Crippen LogP contribution in [-0.2, 0) is 19.1 Å². The Morgan fingerprint density at radius 3 is 2.79 bits per heavy atom. The quantitative estimate of drug-likeness (QED) is 0.576. The maximum Gasteiger partial charge on any atom is 0.308 e. The molecule has 2 rings (SSSR count). The van der Waals surface area contributed by atoms with Crippen molar-refractivity contribution in [1.29, 1.82) is 0 Å². The van der Waals surface area contributed by atoms with Gasteiger partial charge in [-0.1, -0.05) is 32.9 Å². The molecule has 1 aromatic carbocycles. The molecule has 1 heterocycles. The van der Waals surface area contributed by atoms with Crippen molar-refractivity contribution in [3.8, 4) is 5.75 Å². The lowest BCUT2D eigenvalue weighted by Crippen LogP contribution is -2.58. The number of ether oxygens (including phenoxy) is 2. The normalized spacial score (nSPS) is 16.3. The number of anilines is 1. The summed E-state index contributed by atoms with van der Waals surface area (Å²) < 4.78 is 10.9. The second-order valence-corrected chi connectivity index (χ2v) is 7.37. The van der Waals surface area contributed by atoms with Crippen molar-refractivity contribution in [3.63, 3.8) is 0 Å². The summed E-state index contributed by atoms with van der Waals surface area (Å²) in [5.41, 5.74) is 0.710. The Morgan fingerprint density at radius 2 is 2.07 bits per heavy atom. The lowest BCUT2D eigenvalue weighted by molar-refractivity contribution is -0.151. The third-order valence-corrected chi connectivity index (χ3v) is 4.37. The van der Waals surface area contributed by atoms with Crippen molar-refractivity contribution in [2.24, 2.45) is 5.92 Å². The van der Waals surface area contributed by atoms with E-state index in [0.29, 0.717) is 50.1 Å². The molecule has 1 unspecified atom stereocenters. The Morgan fingerprint density at radius 1 is 1.31 bits per heavy atom. The third-order valence-electron chi connectivity index (χ3n) is 4.37. The highest BCUT2D eigenvalue weighted by atomic mass is 16.5. The first kappa shape index (κ1) is 22.5. The van der Waals surface area contributed by atoms with Crippen molar-refractivity contribution in [1.82, 2.24) is 10.2 Å². The molecule has 1 saturated heterocycles. The Balaban J connectivity index is 1.99. The summed E-state index contributed by atoms with van der Waals surface area (Å²) >= 11 is 0. The van der Waals surface area contributed by atoms with Gasteiger partial charge in [0.1, 0.15) is 11.8 Å². The molecule has 1 aliphatic heterocycles. The van der Waals surface area contributed by atoms with Crippen LogP contribution in [0.3, 0.4) is 0 Å². The van der Waals surface area contributed by atoms with Crippen LogP contribution in [0.1, 0.15) is 33.6 Å². The highest BCUT2D eigenvalue weighted by molar-refractivity contribution is 5.93. The number of nitrogens with zero attached hydrogens (tertiary/aromatic N) is 1. The van der Waals surface area contributed by atoms with Crippen molar-refractivity contribution in [2.75, 3.05) is 38.2 Å². The van der Waals surface area contributed by atoms with Gasteiger partial charge in [-0.25, -0.2) is 0 Å². The van der Waals surface area contributed by atoms with E-state index in [0.717, 1.165) is 0 Å². The predicted octanol–water partition coefficient (Wildman–Crippen LogP) is 1.80. The minimum atomic E-state index is -0.852. The highest BCUT2D eigenvalue weighted by Gasteiger charge is 2.35. The van der Waals surface area contributed by atoms with Gasteiger partial charge in [0.2, 0.25) is 11.8 Å². The van der Waals surface area contributed by atoms with E-state index < -0.39 is 12.0 Å². The molecule has 0 saturated carbocycles. The average Bonchev–Trinajstić information content (AvgIpc) is 2.70. The lowest BCUT2D eigenvalue weighted by Gasteiger charge is -2.34. The van der Waals surface area contributed by atoms with Crippen molar-refractivity contribution in [3.05, 3.63) is 24.3 Å². The van der Waals surface area contributed by atoms with E-state index in [1.54, 1.807) is 0 Å². The molecule has 2 N–H and O–H groups in total. The van der Waals surface area contributed by atoms with Gasteiger partial charge in [0.05, 0.1) is 31.9 Å². The van der Waals surface area contributed by atoms with Gasteiger partial charge in [0, 0.05) is 13.1 Å². The Hall–Kier alpha value is -2.77. The second-order valence-electron chi connectivity index (χ2n) is 7.37. The lowest BCUT2D eigenvalue weighted by atomic mass is 10.1. The minimum absolute atomic E-state index is 0.00413. The number of carbonyl (C=O) groups is 3. The number of carbonyl (C=O) groups excluding carboxylic acids is 3. The van der Waals surface area contributed by atoms with Gasteiger partial charge in [-0.3, -0.25) is 14.4 Å². The van der Waals surface area contributed by atoms with Crippen LogP contribution in [0.15, 0.2) is 24.3 Å². The molecule has 0 spiro atoms. The summed E-state index contributed by atoms with van der Waals surface area (Å²) in [6.07, 6.45) is 0.555. The maximum atomic E-state index is 12.8. The van der Waals surface area contributed by atoms with Crippen LogP contribution < -0.4 is 15.4 Å². The van der Waals surface area contributed by atoms with Crippen LogP contribution in [-0.4, -0.2) is 61.6 Å². The van der Waals surface area contributed by atoms with Crippen molar-refractivity contribution in [2.45, 2.75) is 39.7 Å². The molecule has 1 aliphatic rings. The van der Waals surface area contributed by atoms with Crippen LogP contribution in [0.25, 0.3) is 0 Å². The fourth-order valence-electron chi connectivity index (χ4n) is 2.92. The summed E-state index contributed by atoms with van der Waals surface area (Å²) in [5.74, 6) is -0.0209. The molecule has 0 radical (unpaired) electrons. The van der Waals surface area contributed by atoms with Gasteiger partial charge in [-0.2, -0.15) is 0 Å². The third kappa shape index (κ3) is 6.96. The molecule has 8 nitrogen and oxygen atoms in total. The van der Waals surface area contributed by atoms with Crippen LogP contribution >= 0.6 is 0 Å². The number of nitrogens with one attached hydrogen (secondary N) is 2. The molecule has 2 amide bonds. The smallest absolute Gasteiger partial charge is 0.308 e. The molecule has 0 bridgehead atoms. The monoisotopic (exact) mass is 405 g/mol. The van der Waals surface area contributed by atoms with E-state index in [-0.39, 0.29) is 24.8 Å². The van der Waals surface area contributed by atoms with E-state index in [1.165, 1.54) is 4.90 Å². The van der Waals surface area contributed by atoms with Crippen molar-refractivity contribution < 1.29 is 23.9 Å². The molecule has 29 heavy (non-hydrogen) atoms. The zero-order chi connectivity index (χ0) is 21.2. The molecular weight excluding hydrogens is 374 g/mol. The molecule has 160 valence electrons. The minimum Gasteiger partial charge on any atom is -0.491 e. The summed E-state index contributed by atoms with van der Waals surface area (Å²) in [5, 5.41) is 5.80. The summed E-state index contributed by atoms with van der Waals surface area (Å²) in [6, 6.07) is 6.56. The molecule has 1 fully saturated rings. The van der Waals surface area contributed by atoms with Gasteiger partial charge in [-0.15, -0.1) is 0 Å². The zero-order valence-corrected chi connectivity index (χ0v) is 17.4. The van der Waals surface area contributed by atoms with E-state index in [9.17, 15) is 14.4 Å². The molecule has 0 aliphatic carbocycles. The first-order valence-corrected chi connectivity index (χ1v) is 10.1. The molecule has 8 heteroatoms. The zero-order valence-electron chi connectivity index (χ0n) is 17.4. The predicted molar refractivity (Wildman–Crippen MR) is 110 cm³/mol. The van der Waals surface area contributed by atoms with E-state index in [1.807, 2.05) is 31.2 Å². The van der Waals surface area contributed by atoms with Crippen LogP contribution in [0.4, 0.5) is 5.69 Å². The highest BCUT2D eigenvalue weighted by Crippen LogP contribution is 2.24. The molecule has 0 aromatic heterocycles. The Kier molecular flexibility index (Phi) is 8.76. The number of benzene rings is 1. The van der Waals surface area contributed by atoms with Crippen LogP contribution in [0.2, 0.25) is 0 Å². The molecule has 1 atom stereocenters. The fraction of sp³-hybridized carbons (Fsp3) is 0.571. The number of hydrogen-bond donors (Lipinski definition) is 2. The average molecular weight is 405 g/mol. The summed E-state index contributed by atoms with van der Waals surface area (Å²) in [6.45, 7) is 7.60. The van der Waals surface area contributed by atoms with Gasteiger partial charge >= 0.3 is 5.97 Å². The SMILES string of the molecule is CCCOC(=O)CC1C(=O)NCCN1C(=O)CNc1ccccc1OCC(C)C. The van der Waals surface area contributed by atoms with E-state index in [2.05, 4.69) is 24.5 Å². The van der Waals surface area contributed by atoms with Gasteiger partial charge in [-0.05, 0) is 24.5 Å². The van der Waals surface area contributed by atoms with E-state index in [4.69, 9.17) is 9.47 Å². The first-order chi connectivity index (χ1) is 13.9. The maximum absolute atomic E-state index is 12.8.